The summed E-state index contributed by atoms with van der Waals surface area (Å²) in [6.07, 6.45) is -4.29. The Morgan fingerprint density at radius 3 is 2.29 bits per heavy atom. The van der Waals surface area contributed by atoms with E-state index in [9.17, 15) is 10.2 Å². The first kappa shape index (κ1) is 12.1. The molecule has 1 aliphatic rings. The topological polar surface area (TPSA) is 99.4 Å². The second-order valence-electron chi connectivity index (χ2n) is 3.82. The van der Waals surface area contributed by atoms with Gasteiger partial charge in [-0.2, -0.15) is 0 Å². The van der Waals surface area contributed by atoms with Gasteiger partial charge in [-0.15, -0.1) is 0 Å². The van der Waals surface area contributed by atoms with Gasteiger partial charge < -0.3 is 29.9 Å². The average Bonchev–Trinajstić information content (AvgIpc) is 2.60. The van der Waals surface area contributed by atoms with Gasteiger partial charge in [0.1, 0.15) is 29.8 Å². The highest BCUT2D eigenvalue weighted by Crippen LogP contribution is 2.25. The fraction of sp³-hybridized carbons (Fsp3) is 0.455. The van der Waals surface area contributed by atoms with E-state index in [0.717, 1.165) is 0 Å². The van der Waals surface area contributed by atoms with Crippen molar-refractivity contribution in [2.45, 2.75) is 24.6 Å². The number of aromatic hydroxyl groups is 1. The van der Waals surface area contributed by atoms with Crippen molar-refractivity contribution in [2.24, 2.45) is 0 Å². The van der Waals surface area contributed by atoms with Gasteiger partial charge in [-0.1, -0.05) is 0 Å². The van der Waals surface area contributed by atoms with Gasteiger partial charge in [0.15, 0.2) is 0 Å². The van der Waals surface area contributed by atoms with Gasteiger partial charge in [0.05, 0.1) is 6.61 Å². The molecule has 0 unspecified atom stereocenters. The number of hydrogen-bond acceptors (Lipinski definition) is 6. The number of phenols is 1. The van der Waals surface area contributed by atoms with Crippen LogP contribution in [0.15, 0.2) is 24.3 Å². The zero-order valence-electron chi connectivity index (χ0n) is 8.93. The molecule has 1 saturated heterocycles. The summed E-state index contributed by atoms with van der Waals surface area (Å²) < 4.78 is 10.4. The molecule has 6 heteroatoms. The maximum atomic E-state index is 9.61. The summed E-state index contributed by atoms with van der Waals surface area (Å²) in [6.45, 7) is -0.395. The highest BCUT2D eigenvalue weighted by molar-refractivity contribution is 5.30. The van der Waals surface area contributed by atoms with Crippen LogP contribution in [-0.2, 0) is 4.74 Å². The molecule has 1 fully saturated rings. The normalized spacial score (nSPS) is 32.6. The minimum Gasteiger partial charge on any atom is -0.508 e. The predicted octanol–water partition coefficient (Wildman–Crippen LogP) is -0.790. The highest BCUT2D eigenvalue weighted by atomic mass is 16.7. The lowest BCUT2D eigenvalue weighted by atomic mass is 10.1. The van der Waals surface area contributed by atoms with E-state index >= 15 is 0 Å². The maximum Gasteiger partial charge on any atom is 0.229 e. The third kappa shape index (κ3) is 2.50. The Morgan fingerprint density at radius 2 is 1.76 bits per heavy atom. The van der Waals surface area contributed by atoms with Gasteiger partial charge in [-0.25, -0.2) is 0 Å². The van der Waals surface area contributed by atoms with Crippen LogP contribution in [0.25, 0.3) is 0 Å². The first-order valence-corrected chi connectivity index (χ1v) is 5.20. The summed E-state index contributed by atoms with van der Waals surface area (Å²) >= 11 is 0. The standard InChI is InChI=1S/C11H14O6/c12-5-8-9(14)10(15)11(17-8)16-7-3-1-6(13)2-4-7/h1-4,8-15H,5H2/t8-,9-,10-,11-/m0/s1. The molecule has 94 valence electrons. The Bertz CT molecular complexity index is 365. The van der Waals surface area contributed by atoms with Crippen LogP contribution in [0.3, 0.4) is 0 Å². The van der Waals surface area contributed by atoms with E-state index in [1.54, 1.807) is 0 Å². The van der Waals surface area contributed by atoms with Gasteiger partial charge in [-0.05, 0) is 24.3 Å². The average molecular weight is 242 g/mol. The molecule has 1 heterocycles. The van der Waals surface area contributed by atoms with Crippen LogP contribution in [0.1, 0.15) is 0 Å². The highest BCUT2D eigenvalue weighted by Gasteiger charge is 2.43. The number of rotatable bonds is 3. The third-order valence-electron chi connectivity index (χ3n) is 2.59. The van der Waals surface area contributed by atoms with Crippen LogP contribution in [-0.4, -0.2) is 51.6 Å². The molecule has 1 aromatic rings. The fourth-order valence-corrected chi connectivity index (χ4v) is 1.62. The van der Waals surface area contributed by atoms with Crippen LogP contribution in [0.5, 0.6) is 11.5 Å². The number of aliphatic hydroxyl groups excluding tert-OH is 3. The molecule has 0 aromatic heterocycles. The molecule has 0 radical (unpaired) electrons. The maximum absolute atomic E-state index is 9.61. The summed E-state index contributed by atoms with van der Waals surface area (Å²) in [7, 11) is 0. The molecule has 4 N–H and O–H groups in total. The quantitative estimate of drug-likeness (QED) is 0.554. The predicted molar refractivity (Wildman–Crippen MR) is 56.5 cm³/mol. The Morgan fingerprint density at radius 1 is 1.12 bits per heavy atom. The molecular formula is C11H14O6. The van der Waals surface area contributed by atoms with Gasteiger partial charge in [-0.3, -0.25) is 0 Å². The van der Waals surface area contributed by atoms with Crippen LogP contribution in [0.2, 0.25) is 0 Å². The zero-order valence-corrected chi connectivity index (χ0v) is 8.93. The number of benzene rings is 1. The molecule has 0 amide bonds. The first-order chi connectivity index (χ1) is 8.11. The van der Waals surface area contributed by atoms with Crippen LogP contribution < -0.4 is 4.74 Å². The smallest absolute Gasteiger partial charge is 0.229 e. The van der Waals surface area contributed by atoms with E-state index in [2.05, 4.69) is 0 Å². The summed E-state index contributed by atoms with van der Waals surface area (Å²) in [5, 5.41) is 37.1. The first-order valence-electron chi connectivity index (χ1n) is 5.20. The van der Waals surface area contributed by atoms with Crippen molar-refractivity contribution in [2.75, 3.05) is 6.61 Å². The van der Waals surface area contributed by atoms with Crippen molar-refractivity contribution < 1.29 is 29.9 Å². The Kier molecular flexibility index (Phi) is 3.49. The SMILES string of the molecule is OC[C@@H]1O[C@H](Oc2ccc(O)cc2)[C@@H](O)[C@H]1O. The molecule has 0 saturated carbocycles. The molecule has 1 aromatic carbocycles. The Hall–Kier alpha value is -1.34. The van der Waals surface area contributed by atoms with Crippen molar-refractivity contribution in [1.82, 2.24) is 0 Å². The molecule has 6 nitrogen and oxygen atoms in total. The van der Waals surface area contributed by atoms with E-state index in [4.69, 9.17) is 19.7 Å². The zero-order chi connectivity index (χ0) is 12.4. The van der Waals surface area contributed by atoms with E-state index in [0.29, 0.717) is 5.75 Å². The Labute approximate surface area is 97.7 Å². The fourth-order valence-electron chi connectivity index (χ4n) is 1.62. The summed E-state index contributed by atoms with van der Waals surface area (Å²) in [5.74, 6) is 0.483. The van der Waals surface area contributed by atoms with Gasteiger partial charge in [0.2, 0.25) is 6.29 Å². The lowest BCUT2D eigenvalue weighted by Crippen LogP contribution is -2.35. The lowest BCUT2D eigenvalue weighted by Gasteiger charge is -2.16. The lowest BCUT2D eigenvalue weighted by molar-refractivity contribution is -0.116. The molecule has 0 aliphatic carbocycles. The van der Waals surface area contributed by atoms with Crippen molar-refractivity contribution in [1.29, 1.82) is 0 Å². The van der Waals surface area contributed by atoms with Gasteiger partial charge >= 0.3 is 0 Å². The number of phenolic OH excluding ortho intramolecular Hbond substituents is 1. The molecule has 0 bridgehead atoms. The summed E-state index contributed by atoms with van der Waals surface area (Å²) in [5.41, 5.74) is 0. The van der Waals surface area contributed by atoms with Crippen molar-refractivity contribution in [3.05, 3.63) is 24.3 Å². The molecular weight excluding hydrogens is 228 g/mol. The van der Waals surface area contributed by atoms with Crippen LogP contribution >= 0.6 is 0 Å². The minimum absolute atomic E-state index is 0.0958. The van der Waals surface area contributed by atoms with Crippen LogP contribution in [0.4, 0.5) is 0 Å². The van der Waals surface area contributed by atoms with Crippen molar-refractivity contribution in [3.63, 3.8) is 0 Å². The molecule has 4 atom stereocenters. The number of aliphatic hydroxyl groups is 3. The Balaban J connectivity index is 2.02. The molecule has 0 spiro atoms. The van der Waals surface area contributed by atoms with E-state index in [1.807, 2.05) is 0 Å². The number of ether oxygens (including phenoxy) is 2. The van der Waals surface area contributed by atoms with E-state index in [-0.39, 0.29) is 5.75 Å². The largest absolute Gasteiger partial charge is 0.508 e. The second kappa shape index (κ2) is 4.89. The van der Waals surface area contributed by atoms with Gasteiger partial charge in [0, 0.05) is 0 Å². The van der Waals surface area contributed by atoms with Crippen LogP contribution in [0, 0.1) is 0 Å². The molecule has 17 heavy (non-hydrogen) atoms. The van der Waals surface area contributed by atoms with Gasteiger partial charge in [0.25, 0.3) is 0 Å². The number of hydrogen-bond donors (Lipinski definition) is 4. The van der Waals surface area contributed by atoms with Crippen molar-refractivity contribution in [3.8, 4) is 11.5 Å². The van der Waals surface area contributed by atoms with Crippen molar-refractivity contribution >= 4 is 0 Å². The van der Waals surface area contributed by atoms with E-state index in [1.165, 1.54) is 24.3 Å². The second-order valence-corrected chi connectivity index (χ2v) is 3.82. The minimum atomic E-state index is -1.22. The van der Waals surface area contributed by atoms with E-state index < -0.39 is 31.2 Å². The summed E-state index contributed by atoms with van der Waals surface area (Å²) in [4.78, 5) is 0. The molecule has 1 aliphatic heterocycles. The monoisotopic (exact) mass is 242 g/mol. The third-order valence-corrected chi connectivity index (χ3v) is 2.59. The summed E-state index contributed by atoms with van der Waals surface area (Å²) in [6, 6.07) is 5.86. The molecule has 2 rings (SSSR count).